The van der Waals surface area contributed by atoms with Gasteiger partial charge >= 0.3 is 0 Å². The average Bonchev–Trinajstić information content (AvgIpc) is 2.38. The van der Waals surface area contributed by atoms with Gasteiger partial charge in [0.25, 0.3) is 0 Å². The van der Waals surface area contributed by atoms with Gasteiger partial charge in [0.05, 0.1) is 0 Å². The van der Waals surface area contributed by atoms with Crippen molar-refractivity contribution in [1.82, 2.24) is 0 Å². The van der Waals surface area contributed by atoms with E-state index in [0.29, 0.717) is 0 Å². The van der Waals surface area contributed by atoms with Gasteiger partial charge in [-0.25, -0.2) is 0 Å². The first-order chi connectivity index (χ1) is 8.36. The number of halogens is 2. The molecule has 0 heterocycles. The highest BCUT2D eigenvalue weighted by atomic mass is 127. The molecule has 0 radical (unpaired) electrons. The molecule has 0 aliphatic heterocycles. The quantitative estimate of drug-likeness (QED) is 0.478. The monoisotopic (exact) mass is 451 g/mol. The Morgan fingerprint density at radius 2 is 1.47 bits per heavy atom. The van der Waals surface area contributed by atoms with Crippen LogP contribution in [0.25, 0.3) is 10.8 Å². The van der Waals surface area contributed by atoms with Gasteiger partial charge in [-0.3, -0.25) is 0 Å². The SMILES string of the molecule is ICCN(CCI)c1cccc2ccccc12. The zero-order valence-corrected chi connectivity index (χ0v) is 13.9. The number of alkyl halides is 2. The van der Waals surface area contributed by atoms with Crippen LogP contribution >= 0.6 is 45.2 Å². The van der Waals surface area contributed by atoms with Gasteiger partial charge < -0.3 is 4.90 Å². The second-order valence-electron chi connectivity index (χ2n) is 3.86. The van der Waals surface area contributed by atoms with Gasteiger partial charge in [0.15, 0.2) is 0 Å². The molecule has 2 aromatic carbocycles. The van der Waals surface area contributed by atoms with E-state index in [1.165, 1.54) is 16.5 Å². The van der Waals surface area contributed by atoms with Crippen LogP contribution in [-0.2, 0) is 0 Å². The van der Waals surface area contributed by atoms with Crippen molar-refractivity contribution in [3.8, 4) is 0 Å². The number of nitrogens with zero attached hydrogens (tertiary/aromatic N) is 1. The molecule has 0 amide bonds. The molecule has 0 aliphatic rings. The summed E-state index contributed by atoms with van der Waals surface area (Å²) in [6, 6.07) is 15.2. The topological polar surface area (TPSA) is 3.24 Å². The van der Waals surface area contributed by atoms with E-state index < -0.39 is 0 Å². The molecular formula is C14H15I2N. The third-order valence-electron chi connectivity index (χ3n) is 2.82. The van der Waals surface area contributed by atoms with Gasteiger partial charge in [-0.15, -0.1) is 0 Å². The molecule has 3 heteroatoms. The van der Waals surface area contributed by atoms with Crippen LogP contribution in [0.1, 0.15) is 0 Å². The van der Waals surface area contributed by atoms with Crippen LogP contribution in [0.15, 0.2) is 42.5 Å². The highest BCUT2D eigenvalue weighted by Gasteiger charge is 2.08. The number of hydrogen-bond donors (Lipinski definition) is 0. The van der Waals surface area contributed by atoms with E-state index in [-0.39, 0.29) is 0 Å². The van der Waals surface area contributed by atoms with Gasteiger partial charge in [0.2, 0.25) is 0 Å². The van der Waals surface area contributed by atoms with Crippen molar-refractivity contribution in [2.24, 2.45) is 0 Å². The van der Waals surface area contributed by atoms with Crippen molar-refractivity contribution in [1.29, 1.82) is 0 Å². The van der Waals surface area contributed by atoms with Crippen molar-refractivity contribution >= 4 is 61.6 Å². The molecule has 0 atom stereocenters. The minimum absolute atomic E-state index is 1.12. The summed E-state index contributed by atoms with van der Waals surface area (Å²) in [5, 5.41) is 2.70. The summed E-state index contributed by atoms with van der Waals surface area (Å²) in [4.78, 5) is 2.49. The maximum atomic E-state index is 2.49. The average molecular weight is 451 g/mol. The van der Waals surface area contributed by atoms with Gasteiger partial charge in [-0.1, -0.05) is 81.6 Å². The second kappa shape index (κ2) is 6.78. The molecule has 0 aliphatic carbocycles. The van der Waals surface area contributed by atoms with E-state index in [0.717, 1.165) is 21.9 Å². The molecule has 0 unspecified atom stereocenters. The maximum absolute atomic E-state index is 2.49. The van der Waals surface area contributed by atoms with Crippen molar-refractivity contribution in [3.05, 3.63) is 42.5 Å². The van der Waals surface area contributed by atoms with Gasteiger partial charge in [-0.2, -0.15) is 0 Å². The lowest BCUT2D eigenvalue weighted by atomic mass is 10.1. The summed E-state index contributed by atoms with van der Waals surface area (Å²) >= 11 is 4.90. The first-order valence-corrected chi connectivity index (χ1v) is 8.76. The molecule has 17 heavy (non-hydrogen) atoms. The number of anilines is 1. The summed E-state index contributed by atoms with van der Waals surface area (Å²) in [6.45, 7) is 2.25. The number of hydrogen-bond acceptors (Lipinski definition) is 1. The first-order valence-electron chi connectivity index (χ1n) is 5.71. The van der Waals surface area contributed by atoms with Crippen molar-refractivity contribution in [3.63, 3.8) is 0 Å². The van der Waals surface area contributed by atoms with Crippen LogP contribution in [0.2, 0.25) is 0 Å². The van der Waals surface area contributed by atoms with Gasteiger partial charge in [0.1, 0.15) is 0 Å². The predicted molar refractivity (Wildman–Crippen MR) is 93.9 cm³/mol. The summed E-state index contributed by atoms with van der Waals surface area (Å²) in [6.07, 6.45) is 0. The molecule has 0 N–H and O–H groups in total. The fourth-order valence-corrected chi connectivity index (χ4v) is 3.21. The third-order valence-corrected chi connectivity index (χ3v) is 3.78. The highest BCUT2D eigenvalue weighted by Crippen LogP contribution is 2.26. The third kappa shape index (κ3) is 3.24. The number of rotatable bonds is 5. The van der Waals surface area contributed by atoms with Gasteiger partial charge in [0, 0.05) is 33.0 Å². The zero-order valence-electron chi connectivity index (χ0n) is 9.57. The van der Waals surface area contributed by atoms with Crippen molar-refractivity contribution in [2.75, 3.05) is 26.8 Å². The normalized spacial score (nSPS) is 10.7. The Balaban J connectivity index is 2.44. The van der Waals surface area contributed by atoms with Crippen LogP contribution in [0.4, 0.5) is 5.69 Å². The van der Waals surface area contributed by atoms with E-state index in [4.69, 9.17) is 0 Å². The Kier molecular flexibility index (Phi) is 5.34. The molecule has 2 aromatic rings. The van der Waals surface area contributed by atoms with Crippen LogP contribution in [0.5, 0.6) is 0 Å². The van der Waals surface area contributed by atoms with Crippen LogP contribution < -0.4 is 4.90 Å². The largest absolute Gasteiger partial charge is 0.369 e. The summed E-state index contributed by atoms with van der Waals surface area (Å²) in [5.74, 6) is 0. The Morgan fingerprint density at radius 1 is 0.824 bits per heavy atom. The summed E-state index contributed by atoms with van der Waals surface area (Å²) in [5.41, 5.74) is 1.37. The van der Waals surface area contributed by atoms with Crippen LogP contribution in [0, 0.1) is 0 Å². The molecule has 90 valence electrons. The van der Waals surface area contributed by atoms with E-state index >= 15 is 0 Å². The van der Waals surface area contributed by atoms with Gasteiger partial charge in [-0.05, 0) is 11.5 Å². The molecule has 0 saturated heterocycles. The minimum atomic E-state index is 1.12. The van der Waals surface area contributed by atoms with Crippen LogP contribution in [-0.4, -0.2) is 21.9 Å². The molecule has 2 rings (SSSR count). The molecule has 1 nitrogen and oxygen atoms in total. The van der Waals surface area contributed by atoms with E-state index in [9.17, 15) is 0 Å². The molecular weight excluding hydrogens is 436 g/mol. The van der Waals surface area contributed by atoms with E-state index in [1.807, 2.05) is 0 Å². The number of fused-ring (bicyclic) bond motifs is 1. The molecule has 0 bridgehead atoms. The minimum Gasteiger partial charge on any atom is -0.369 e. The van der Waals surface area contributed by atoms with Crippen LogP contribution in [0.3, 0.4) is 0 Å². The van der Waals surface area contributed by atoms with Crippen molar-refractivity contribution in [2.45, 2.75) is 0 Å². The van der Waals surface area contributed by atoms with Crippen molar-refractivity contribution < 1.29 is 0 Å². The Labute approximate surface area is 130 Å². The Hall–Kier alpha value is -0.0400. The highest BCUT2D eigenvalue weighted by molar-refractivity contribution is 14.1. The molecule has 0 aromatic heterocycles. The lowest BCUT2D eigenvalue weighted by Crippen LogP contribution is -2.27. The van der Waals surface area contributed by atoms with E-state index in [2.05, 4.69) is 92.5 Å². The fraction of sp³-hybridized carbons (Fsp3) is 0.286. The second-order valence-corrected chi connectivity index (χ2v) is 6.02. The molecule has 0 spiro atoms. The lowest BCUT2D eigenvalue weighted by Gasteiger charge is -2.24. The van der Waals surface area contributed by atoms with E-state index in [1.54, 1.807) is 0 Å². The smallest absolute Gasteiger partial charge is 0.0446 e. The number of benzene rings is 2. The zero-order chi connectivity index (χ0) is 12.1. The standard InChI is InChI=1S/C14H15I2N/c15-8-10-17(11-9-16)14-7-3-5-12-4-1-2-6-13(12)14/h1-7H,8-11H2. The fourth-order valence-electron chi connectivity index (χ4n) is 2.04. The molecule has 0 fully saturated rings. The maximum Gasteiger partial charge on any atom is 0.0446 e. The summed E-state index contributed by atoms with van der Waals surface area (Å²) in [7, 11) is 0. The summed E-state index contributed by atoms with van der Waals surface area (Å²) < 4.78 is 2.33. The Morgan fingerprint density at radius 3 is 2.18 bits per heavy atom. The lowest BCUT2D eigenvalue weighted by molar-refractivity contribution is 0.896. The first kappa shape index (κ1) is 13.4. The molecule has 0 saturated carbocycles. The Bertz CT molecular complexity index is 473. The predicted octanol–water partition coefficient (Wildman–Crippen LogP) is 4.52.